The summed E-state index contributed by atoms with van der Waals surface area (Å²) in [4.78, 5) is 13.6. The van der Waals surface area contributed by atoms with Crippen molar-refractivity contribution in [1.82, 2.24) is 15.8 Å². The highest BCUT2D eigenvalue weighted by atomic mass is 79.9. The highest BCUT2D eigenvalue weighted by molar-refractivity contribution is 9.10. The molecule has 1 saturated heterocycles. The van der Waals surface area contributed by atoms with Gasteiger partial charge in [0, 0.05) is 17.1 Å². The van der Waals surface area contributed by atoms with Crippen LogP contribution in [0.3, 0.4) is 0 Å². The summed E-state index contributed by atoms with van der Waals surface area (Å²) in [5.74, 6) is -0.269. The highest BCUT2D eigenvalue weighted by Gasteiger charge is 2.33. The van der Waals surface area contributed by atoms with Gasteiger partial charge in [-0.1, -0.05) is 35.0 Å². The van der Waals surface area contributed by atoms with Gasteiger partial charge in [0.1, 0.15) is 6.04 Å². The number of rotatable bonds is 6. The van der Waals surface area contributed by atoms with Gasteiger partial charge < -0.3 is 4.90 Å². The average molecular weight is 376 g/mol. The zero-order valence-corrected chi connectivity index (χ0v) is 13.9. The number of hydrogen-bond donors (Lipinski definition) is 2. The fourth-order valence-electron chi connectivity index (χ4n) is 2.58. The van der Waals surface area contributed by atoms with Crippen LogP contribution < -0.4 is 10.9 Å². The quantitative estimate of drug-likeness (QED) is 0.803. The molecule has 122 valence electrons. The second-order valence-corrected chi connectivity index (χ2v) is 6.27. The molecule has 0 aromatic heterocycles. The lowest BCUT2D eigenvalue weighted by atomic mass is 10.0. The first-order valence-electron chi connectivity index (χ1n) is 7.34. The average Bonchev–Trinajstić information content (AvgIpc) is 2.96. The Labute approximate surface area is 137 Å². The lowest BCUT2D eigenvalue weighted by Crippen LogP contribution is -2.47. The Morgan fingerprint density at radius 2 is 2.05 bits per heavy atom. The Morgan fingerprint density at radius 3 is 2.64 bits per heavy atom. The van der Waals surface area contributed by atoms with E-state index in [2.05, 4.69) is 26.8 Å². The fourth-order valence-corrected chi connectivity index (χ4v) is 2.84. The van der Waals surface area contributed by atoms with Gasteiger partial charge in [-0.15, -0.1) is 0 Å². The summed E-state index contributed by atoms with van der Waals surface area (Å²) in [6.07, 6.45) is -1.30. The molecule has 1 aliphatic heterocycles. The lowest BCUT2D eigenvalue weighted by molar-refractivity contribution is -0.135. The molecular formula is C15H20BrF2N3O. The number of hydrazine groups is 1. The van der Waals surface area contributed by atoms with Crippen LogP contribution in [0, 0.1) is 0 Å². The number of halogens is 3. The molecule has 4 nitrogen and oxygen atoms in total. The molecule has 0 radical (unpaired) electrons. The number of hydrogen-bond acceptors (Lipinski definition) is 3. The lowest BCUT2D eigenvalue weighted by Gasteiger charge is -2.24. The standard InChI is InChI=1S/C15H20BrF2N3O/c1-2-7-21(9-14(17)18)15(22)13-8-12(19-20-13)10-3-5-11(16)6-4-10/h3-6,12-14,19-20H,2,7-9H2,1H3. The summed E-state index contributed by atoms with van der Waals surface area (Å²) >= 11 is 3.38. The molecule has 1 aromatic carbocycles. The van der Waals surface area contributed by atoms with Gasteiger partial charge in [0.05, 0.1) is 6.54 Å². The Balaban J connectivity index is 1.98. The van der Waals surface area contributed by atoms with Crippen LogP contribution in [0.1, 0.15) is 31.4 Å². The van der Waals surface area contributed by atoms with Crippen LogP contribution in [0.25, 0.3) is 0 Å². The maximum Gasteiger partial charge on any atom is 0.255 e. The van der Waals surface area contributed by atoms with E-state index in [9.17, 15) is 13.6 Å². The van der Waals surface area contributed by atoms with Gasteiger partial charge in [-0.25, -0.2) is 19.6 Å². The Morgan fingerprint density at radius 1 is 1.36 bits per heavy atom. The number of benzene rings is 1. The van der Waals surface area contributed by atoms with Crippen LogP contribution in [-0.4, -0.2) is 36.4 Å². The molecule has 0 spiro atoms. The maximum absolute atomic E-state index is 12.6. The van der Waals surface area contributed by atoms with Gasteiger partial charge in [0.25, 0.3) is 6.43 Å². The summed E-state index contributed by atoms with van der Waals surface area (Å²) in [7, 11) is 0. The fraction of sp³-hybridized carbons (Fsp3) is 0.533. The van der Waals surface area contributed by atoms with Crippen molar-refractivity contribution in [3.63, 3.8) is 0 Å². The van der Waals surface area contributed by atoms with Gasteiger partial charge in [-0.05, 0) is 30.5 Å². The minimum absolute atomic E-state index is 0.00271. The molecule has 1 heterocycles. The smallest absolute Gasteiger partial charge is 0.255 e. The summed E-state index contributed by atoms with van der Waals surface area (Å²) in [6, 6.07) is 7.34. The first-order chi connectivity index (χ1) is 10.5. The Hall–Kier alpha value is -1.05. The number of carbonyl (C=O) groups is 1. The van der Waals surface area contributed by atoms with E-state index in [-0.39, 0.29) is 11.9 Å². The summed E-state index contributed by atoms with van der Waals surface area (Å²) in [5, 5.41) is 0. The third-order valence-electron chi connectivity index (χ3n) is 3.64. The minimum atomic E-state index is -2.51. The molecule has 0 saturated carbocycles. The van der Waals surface area contributed by atoms with E-state index >= 15 is 0 Å². The molecule has 2 atom stereocenters. The number of carbonyl (C=O) groups excluding carboxylic acids is 1. The number of nitrogens with zero attached hydrogens (tertiary/aromatic N) is 1. The number of alkyl halides is 2. The van der Waals surface area contributed by atoms with Crippen molar-refractivity contribution in [3.05, 3.63) is 34.3 Å². The van der Waals surface area contributed by atoms with E-state index in [1.807, 2.05) is 31.2 Å². The van der Waals surface area contributed by atoms with Crippen LogP contribution >= 0.6 is 15.9 Å². The van der Waals surface area contributed by atoms with Crippen molar-refractivity contribution < 1.29 is 13.6 Å². The van der Waals surface area contributed by atoms with Crippen molar-refractivity contribution in [3.8, 4) is 0 Å². The first-order valence-corrected chi connectivity index (χ1v) is 8.14. The molecule has 1 amide bonds. The van der Waals surface area contributed by atoms with Crippen molar-refractivity contribution in [1.29, 1.82) is 0 Å². The van der Waals surface area contributed by atoms with E-state index in [1.165, 1.54) is 4.90 Å². The predicted molar refractivity (Wildman–Crippen MR) is 84.4 cm³/mol. The van der Waals surface area contributed by atoms with Gasteiger partial charge in [-0.2, -0.15) is 0 Å². The van der Waals surface area contributed by atoms with Gasteiger partial charge in [-0.3, -0.25) is 4.79 Å². The minimum Gasteiger partial charge on any atom is -0.336 e. The van der Waals surface area contributed by atoms with Crippen molar-refractivity contribution in [2.24, 2.45) is 0 Å². The topological polar surface area (TPSA) is 44.4 Å². The largest absolute Gasteiger partial charge is 0.336 e. The van der Waals surface area contributed by atoms with Gasteiger partial charge in [0.15, 0.2) is 0 Å². The van der Waals surface area contributed by atoms with E-state index in [0.29, 0.717) is 19.4 Å². The monoisotopic (exact) mass is 375 g/mol. The van der Waals surface area contributed by atoms with Crippen LogP contribution in [0.5, 0.6) is 0 Å². The van der Waals surface area contributed by atoms with Crippen LogP contribution in [0.15, 0.2) is 28.7 Å². The molecule has 1 aliphatic rings. The van der Waals surface area contributed by atoms with E-state index < -0.39 is 19.0 Å². The van der Waals surface area contributed by atoms with Crippen LogP contribution in [-0.2, 0) is 4.79 Å². The zero-order valence-electron chi connectivity index (χ0n) is 12.4. The molecule has 1 aromatic rings. The first kappa shape index (κ1) is 17.3. The predicted octanol–water partition coefficient (Wildman–Crippen LogP) is 2.86. The van der Waals surface area contributed by atoms with Crippen molar-refractivity contribution in [2.45, 2.75) is 38.3 Å². The molecule has 2 N–H and O–H groups in total. The Kier molecular flexibility index (Phi) is 6.28. The Bertz CT molecular complexity index is 498. The van der Waals surface area contributed by atoms with Crippen LogP contribution in [0.2, 0.25) is 0 Å². The third-order valence-corrected chi connectivity index (χ3v) is 4.17. The second-order valence-electron chi connectivity index (χ2n) is 5.36. The molecule has 2 rings (SSSR count). The molecular weight excluding hydrogens is 356 g/mol. The molecule has 7 heteroatoms. The highest BCUT2D eigenvalue weighted by Crippen LogP contribution is 2.24. The number of nitrogens with one attached hydrogen (secondary N) is 2. The summed E-state index contributed by atoms with van der Waals surface area (Å²) in [5.41, 5.74) is 7.06. The van der Waals surface area contributed by atoms with E-state index in [1.54, 1.807) is 0 Å². The maximum atomic E-state index is 12.6. The van der Waals surface area contributed by atoms with Gasteiger partial charge in [0.2, 0.25) is 5.91 Å². The molecule has 1 fully saturated rings. The molecule has 22 heavy (non-hydrogen) atoms. The van der Waals surface area contributed by atoms with Crippen LogP contribution in [0.4, 0.5) is 8.78 Å². The van der Waals surface area contributed by atoms with E-state index in [0.717, 1.165) is 10.0 Å². The molecule has 2 unspecified atom stereocenters. The third kappa shape index (κ3) is 4.47. The summed E-state index contributed by atoms with van der Waals surface area (Å²) < 4.78 is 26.2. The number of amides is 1. The van der Waals surface area contributed by atoms with Crippen molar-refractivity contribution >= 4 is 21.8 Å². The summed E-state index contributed by atoms with van der Waals surface area (Å²) in [6.45, 7) is 1.72. The van der Waals surface area contributed by atoms with Gasteiger partial charge >= 0.3 is 0 Å². The zero-order chi connectivity index (χ0) is 16.1. The van der Waals surface area contributed by atoms with Crippen molar-refractivity contribution in [2.75, 3.05) is 13.1 Å². The molecule has 0 aliphatic carbocycles. The molecule has 0 bridgehead atoms. The normalized spacial score (nSPS) is 21.3. The van der Waals surface area contributed by atoms with E-state index in [4.69, 9.17) is 0 Å². The second kappa shape index (κ2) is 7.99. The SMILES string of the molecule is CCCN(CC(F)F)C(=O)C1CC(c2ccc(Br)cc2)NN1.